The number of nitrogen functional groups attached to an aromatic ring is 1. The molecule has 0 saturated heterocycles. The first-order valence-corrected chi connectivity index (χ1v) is 7.45. The zero-order valence-electron chi connectivity index (χ0n) is 13.7. The van der Waals surface area contributed by atoms with Crippen molar-refractivity contribution in [2.24, 2.45) is 16.6 Å². The first-order valence-electron chi connectivity index (χ1n) is 7.45. The molecule has 0 bridgehead atoms. The van der Waals surface area contributed by atoms with Gasteiger partial charge in [0.15, 0.2) is 0 Å². The molecule has 26 heavy (non-hydrogen) atoms. The number of anilines is 2. The van der Waals surface area contributed by atoms with Gasteiger partial charge in [-0.3, -0.25) is 5.43 Å². The van der Waals surface area contributed by atoms with Gasteiger partial charge in [-0.05, 0) is 36.8 Å². The maximum atomic E-state index is 14.6. The molecule has 0 spiro atoms. The summed E-state index contributed by atoms with van der Waals surface area (Å²) >= 11 is 0. The molecule has 140 valence electrons. The van der Waals surface area contributed by atoms with Crippen molar-refractivity contribution >= 4 is 17.3 Å². The van der Waals surface area contributed by atoms with Gasteiger partial charge >= 0.3 is 6.18 Å². The van der Waals surface area contributed by atoms with Gasteiger partial charge in [0.2, 0.25) is 5.96 Å². The van der Waals surface area contributed by atoms with Crippen molar-refractivity contribution < 1.29 is 17.6 Å². The maximum absolute atomic E-state index is 14.6. The third kappa shape index (κ3) is 4.68. The summed E-state index contributed by atoms with van der Waals surface area (Å²) in [4.78, 5) is 0. The molecule has 0 heterocycles. The highest BCUT2D eigenvalue weighted by atomic mass is 19.4. The molecule has 1 atom stereocenters. The zero-order valence-corrected chi connectivity index (χ0v) is 13.7. The molecule has 0 aromatic heterocycles. The van der Waals surface area contributed by atoms with Crippen LogP contribution in [0.15, 0.2) is 41.5 Å². The van der Waals surface area contributed by atoms with Gasteiger partial charge in [0.25, 0.3) is 0 Å². The third-order valence-corrected chi connectivity index (χ3v) is 3.34. The van der Waals surface area contributed by atoms with Crippen LogP contribution in [-0.4, -0.2) is 12.1 Å². The lowest BCUT2D eigenvalue weighted by molar-refractivity contribution is -0.137. The summed E-state index contributed by atoms with van der Waals surface area (Å²) in [6.07, 6.45) is -5.43. The standard InChI is InChI=1S/C16H18F4N6/c1-8(25-26-15(22)23)24-11-6-12(16(18,19)20)14(13(17)7-11)9-3-2-4-10(21)5-9/h2-8,24-25H,21H2,1H3,(H4,22,23,26). The number of nitrogens with two attached hydrogens (primary N) is 3. The van der Waals surface area contributed by atoms with Crippen LogP contribution in [0.5, 0.6) is 0 Å². The second kappa shape index (κ2) is 7.38. The van der Waals surface area contributed by atoms with E-state index in [4.69, 9.17) is 17.2 Å². The number of halogens is 4. The Morgan fingerprint density at radius 2 is 1.85 bits per heavy atom. The van der Waals surface area contributed by atoms with E-state index in [0.29, 0.717) is 0 Å². The van der Waals surface area contributed by atoms with E-state index in [-0.39, 0.29) is 22.9 Å². The van der Waals surface area contributed by atoms with Crippen LogP contribution in [0.4, 0.5) is 28.9 Å². The lowest BCUT2D eigenvalue weighted by Gasteiger charge is -2.19. The van der Waals surface area contributed by atoms with E-state index in [1.165, 1.54) is 24.3 Å². The third-order valence-electron chi connectivity index (χ3n) is 3.34. The van der Waals surface area contributed by atoms with Crippen LogP contribution >= 0.6 is 0 Å². The lowest BCUT2D eigenvalue weighted by Crippen LogP contribution is -2.34. The van der Waals surface area contributed by atoms with Crippen molar-refractivity contribution in [2.75, 3.05) is 11.1 Å². The molecule has 1 unspecified atom stereocenters. The highest BCUT2D eigenvalue weighted by molar-refractivity contribution is 5.75. The second-order valence-electron chi connectivity index (χ2n) is 5.54. The molecular formula is C16H18F4N6. The molecule has 8 N–H and O–H groups in total. The molecule has 10 heteroatoms. The van der Waals surface area contributed by atoms with E-state index in [1.54, 1.807) is 6.92 Å². The number of benzene rings is 2. The number of guanidine groups is 1. The Labute approximate surface area is 147 Å². The average molecular weight is 370 g/mol. The Hall–Kier alpha value is -3.17. The summed E-state index contributed by atoms with van der Waals surface area (Å²) in [5.74, 6) is -1.29. The Kier molecular flexibility index (Phi) is 5.44. The SMILES string of the molecule is CC(NN=C(N)N)Nc1cc(F)c(-c2cccc(N)c2)c(C(F)(F)F)c1. The van der Waals surface area contributed by atoms with Gasteiger partial charge in [0.1, 0.15) is 12.0 Å². The number of nitrogens with zero attached hydrogens (tertiary/aromatic N) is 1. The predicted molar refractivity (Wildman–Crippen MR) is 93.3 cm³/mol. The smallest absolute Gasteiger partial charge is 0.399 e. The van der Waals surface area contributed by atoms with E-state index >= 15 is 0 Å². The van der Waals surface area contributed by atoms with Gasteiger partial charge in [-0.1, -0.05) is 12.1 Å². The second-order valence-corrected chi connectivity index (χ2v) is 5.54. The van der Waals surface area contributed by atoms with Crippen LogP contribution in [0.2, 0.25) is 0 Å². The summed E-state index contributed by atoms with van der Waals surface area (Å²) in [6.45, 7) is 1.55. The van der Waals surface area contributed by atoms with Crippen molar-refractivity contribution in [3.63, 3.8) is 0 Å². The van der Waals surface area contributed by atoms with E-state index in [1.807, 2.05) is 0 Å². The van der Waals surface area contributed by atoms with Crippen LogP contribution in [0.3, 0.4) is 0 Å². The quantitative estimate of drug-likeness (QED) is 0.139. The van der Waals surface area contributed by atoms with E-state index in [0.717, 1.165) is 12.1 Å². The first-order chi connectivity index (χ1) is 12.1. The van der Waals surface area contributed by atoms with Crippen LogP contribution in [0.25, 0.3) is 11.1 Å². The molecule has 0 saturated carbocycles. The highest BCUT2D eigenvalue weighted by Gasteiger charge is 2.36. The van der Waals surface area contributed by atoms with Crippen LogP contribution < -0.4 is 27.9 Å². The number of nitrogens with one attached hydrogen (secondary N) is 2. The Morgan fingerprint density at radius 1 is 1.15 bits per heavy atom. The minimum atomic E-state index is -4.77. The lowest BCUT2D eigenvalue weighted by atomic mass is 9.97. The average Bonchev–Trinajstić information content (AvgIpc) is 2.51. The van der Waals surface area contributed by atoms with Crippen molar-refractivity contribution in [2.45, 2.75) is 19.3 Å². The molecule has 2 aromatic carbocycles. The summed E-state index contributed by atoms with van der Waals surface area (Å²) < 4.78 is 55.0. The largest absolute Gasteiger partial charge is 0.417 e. The summed E-state index contributed by atoms with van der Waals surface area (Å²) in [5.41, 5.74) is 16.9. The molecule has 0 amide bonds. The van der Waals surface area contributed by atoms with Crippen molar-refractivity contribution in [3.8, 4) is 11.1 Å². The molecule has 6 nitrogen and oxygen atoms in total. The highest BCUT2D eigenvalue weighted by Crippen LogP contribution is 2.40. The Balaban J connectivity index is 2.47. The molecule has 2 rings (SSSR count). The topological polar surface area (TPSA) is 114 Å². The molecule has 0 fully saturated rings. The predicted octanol–water partition coefficient (Wildman–Crippen LogP) is 2.63. The van der Waals surface area contributed by atoms with Gasteiger partial charge in [-0.25, -0.2) is 4.39 Å². The molecule has 0 radical (unpaired) electrons. The maximum Gasteiger partial charge on any atom is 0.417 e. The number of alkyl halides is 3. The monoisotopic (exact) mass is 370 g/mol. The van der Waals surface area contributed by atoms with Gasteiger partial charge in [-0.15, -0.1) is 5.10 Å². The molecule has 0 aliphatic heterocycles. The summed E-state index contributed by atoms with van der Waals surface area (Å²) in [7, 11) is 0. The minimum absolute atomic E-state index is 0.0352. The van der Waals surface area contributed by atoms with E-state index in [2.05, 4.69) is 15.8 Å². The molecule has 0 aliphatic carbocycles. The zero-order chi connectivity index (χ0) is 19.5. The van der Waals surface area contributed by atoms with Gasteiger partial charge in [0, 0.05) is 16.9 Å². The van der Waals surface area contributed by atoms with Crippen molar-refractivity contribution in [1.29, 1.82) is 0 Å². The van der Waals surface area contributed by atoms with Crippen molar-refractivity contribution in [3.05, 3.63) is 47.8 Å². The molecular weight excluding hydrogens is 352 g/mol. The summed E-state index contributed by atoms with van der Waals surface area (Å²) in [5, 5.41) is 6.17. The molecule has 0 aliphatic rings. The number of rotatable bonds is 5. The normalized spacial score (nSPS) is 12.3. The van der Waals surface area contributed by atoms with Crippen LogP contribution in [0, 0.1) is 5.82 Å². The fourth-order valence-corrected chi connectivity index (χ4v) is 2.35. The van der Waals surface area contributed by atoms with Gasteiger partial charge in [0.05, 0.1) is 5.56 Å². The summed E-state index contributed by atoms with van der Waals surface area (Å²) in [6, 6.07) is 7.37. The fourth-order valence-electron chi connectivity index (χ4n) is 2.35. The van der Waals surface area contributed by atoms with Crippen molar-refractivity contribution in [1.82, 2.24) is 5.43 Å². The van der Waals surface area contributed by atoms with Crippen LogP contribution in [0.1, 0.15) is 12.5 Å². The number of hydrazone groups is 1. The number of hydrogen-bond acceptors (Lipinski definition) is 4. The number of hydrogen-bond donors (Lipinski definition) is 5. The molecule has 2 aromatic rings. The van der Waals surface area contributed by atoms with Gasteiger partial charge in [-0.2, -0.15) is 13.2 Å². The van der Waals surface area contributed by atoms with Gasteiger partial charge < -0.3 is 22.5 Å². The Morgan fingerprint density at radius 3 is 2.42 bits per heavy atom. The first kappa shape index (κ1) is 19.2. The fraction of sp³-hybridized carbons (Fsp3) is 0.188. The van der Waals surface area contributed by atoms with Crippen LogP contribution in [-0.2, 0) is 6.18 Å². The Bertz CT molecular complexity index is 815. The van der Waals surface area contributed by atoms with E-state index in [9.17, 15) is 17.6 Å². The minimum Gasteiger partial charge on any atom is -0.399 e. The van der Waals surface area contributed by atoms with E-state index < -0.39 is 29.3 Å².